The van der Waals surface area contributed by atoms with Gasteiger partial charge in [0.15, 0.2) is 0 Å². The quantitative estimate of drug-likeness (QED) is 0.756. The van der Waals surface area contributed by atoms with Gasteiger partial charge in [0.1, 0.15) is 0 Å². The molecule has 4 nitrogen and oxygen atoms in total. The van der Waals surface area contributed by atoms with Gasteiger partial charge in [-0.1, -0.05) is 6.07 Å². The van der Waals surface area contributed by atoms with Crippen molar-refractivity contribution in [3.05, 3.63) is 29.6 Å². The van der Waals surface area contributed by atoms with Crippen molar-refractivity contribution in [1.29, 1.82) is 0 Å². The maximum absolute atomic E-state index is 10.9. The minimum Gasteiger partial charge on any atom is -0.481 e. The Morgan fingerprint density at radius 3 is 2.93 bits per heavy atom. The third-order valence-corrected chi connectivity index (χ3v) is 2.42. The summed E-state index contributed by atoms with van der Waals surface area (Å²) in [6.07, 6.45) is 2.63. The highest BCUT2D eigenvalue weighted by atomic mass is 16.4. The summed E-state index contributed by atoms with van der Waals surface area (Å²) in [6.45, 7) is 2.33. The fourth-order valence-electron chi connectivity index (χ4n) is 1.48. The molecule has 0 aromatic carbocycles. The lowest BCUT2D eigenvalue weighted by molar-refractivity contribution is -0.141. The Kier molecular flexibility index (Phi) is 4.24. The van der Waals surface area contributed by atoms with Crippen molar-refractivity contribution in [3.63, 3.8) is 0 Å². The van der Waals surface area contributed by atoms with Crippen molar-refractivity contribution >= 4 is 5.97 Å². The van der Waals surface area contributed by atoms with Crippen LogP contribution in [0.3, 0.4) is 0 Å². The molecule has 1 unspecified atom stereocenters. The molecule has 0 radical (unpaired) electrons. The zero-order chi connectivity index (χ0) is 11.3. The van der Waals surface area contributed by atoms with Gasteiger partial charge >= 0.3 is 5.97 Å². The summed E-state index contributed by atoms with van der Waals surface area (Å²) in [7, 11) is 0. The van der Waals surface area contributed by atoms with Gasteiger partial charge < -0.3 is 10.8 Å². The number of aliphatic carboxylic acids is 1. The molecule has 0 fully saturated rings. The van der Waals surface area contributed by atoms with E-state index in [1.165, 1.54) is 0 Å². The number of hydrogen-bond donors (Lipinski definition) is 2. The fourth-order valence-corrected chi connectivity index (χ4v) is 1.48. The van der Waals surface area contributed by atoms with Gasteiger partial charge in [-0.15, -0.1) is 0 Å². The maximum atomic E-state index is 10.9. The molecule has 0 amide bonds. The van der Waals surface area contributed by atoms with Crippen LogP contribution < -0.4 is 5.73 Å². The molecular weight excluding hydrogens is 192 g/mol. The van der Waals surface area contributed by atoms with E-state index in [1.54, 1.807) is 6.20 Å². The zero-order valence-electron chi connectivity index (χ0n) is 8.81. The predicted octanol–water partition coefficient (Wildman–Crippen LogP) is 0.982. The third kappa shape index (κ3) is 3.32. The Balaban J connectivity index is 2.74. The van der Waals surface area contributed by atoms with Crippen molar-refractivity contribution in [2.45, 2.75) is 19.8 Å². The lowest BCUT2D eigenvalue weighted by Gasteiger charge is -2.11. The van der Waals surface area contributed by atoms with Crippen LogP contribution >= 0.6 is 0 Å². The van der Waals surface area contributed by atoms with Crippen LogP contribution in [0.1, 0.15) is 17.7 Å². The number of nitrogens with two attached hydrogens (primary N) is 1. The number of carboxylic acid groups (broad SMARTS) is 1. The Morgan fingerprint density at radius 1 is 1.67 bits per heavy atom. The molecule has 0 spiro atoms. The van der Waals surface area contributed by atoms with Gasteiger partial charge in [0.2, 0.25) is 0 Å². The minimum absolute atomic E-state index is 0.392. The second-order valence-electron chi connectivity index (χ2n) is 3.58. The van der Waals surface area contributed by atoms with Crippen LogP contribution in [0.5, 0.6) is 0 Å². The number of carbonyl (C=O) groups is 1. The first-order valence-corrected chi connectivity index (χ1v) is 4.98. The lowest BCUT2D eigenvalue weighted by atomic mass is 9.97. The second-order valence-corrected chi connectivity index (χ2v) is 3.58. The number of carboxylic acids is 1. The Labute approximate surface area is 89.1 Å². The zero-order valence-corrected chi connectivity index (χ0v) is 8.81. The predicted molar refractivity (Wildman–Crippen MR) is 57.5 cm³/mol. The van der Waals surface area contributed by atoms with Gasteiger partial charge in [0, 0.05) is 18.3 Å². The van der Waals surface area contributed by atoms with Gasteiger partial charge in [0.25, 0.3) is 0 Å². The number of pyridine rings is 1. The molecule has 0 saturated heterocycles. The van der Waals surface area contributed by atoms with Gasteiger partial charge in [-0.2, -0.15) is 0 Å². The van der Waals surface area contributed by atoms with Crippen LogP contribution in [-0.4, -0.2) is 22.6 Å². The van der Waals surface area contributed by atoms with Crippen LogP contribution in [0.15, 0.2) is 18.3 Å². The number of nitrogens with zero attached hydrogens (tertiary/aromatic N) is 1. The second kappa shape index (κ2) is 5.46. The van der Waals surface area contributed by atoms with Gasteiger partial charge in [-0.3, -0.25) is 9.78 Å². The molecule has 1 rings (SSSR count). The van der Waals surface area contributed by atoms with Gasteiger partial charge in [-0.25, -0.2) is 0 Å². The van der Waals surface area contributed by atoms with Gasteiger partial charge in [-0.05, 0) is 31.5 Å². The summed E-state index contributed by atoms with van der Waals surface area (Å²) in [6, 6.07) is 3.78. The number of aryl methyl sites for hydroxylation is 1. The highest BCUT2D eigenvalue weighted by Gasteiger charge is 2.18. The van der Waals surface area contributed by atoms with Crippen LogP contribution in [0.2, 0.25) is 0 Å². The molecule has 82 valence electrons. The molecule has 0 bridgehead atoms. The van der Waals surface area contributed by atoms with Gasteiger partial charge in [0.05, 0.1) is 5.92 Å². The average molecular weight is 208 g/mol. The topological polar surface area (TPSA) is 76.2 Å². The summed E-state index contributed by atoms with van der Waals surface area (Å²) in [5.41, 5.74) is 7.25. The van der Waals surface area contributed by atoms with E-state index in [0.717, 1.165) is 11.3 Å². The largest absolute Gasteiger partial charge is 0.481 e. The van der Waals surface area contributed by atoms with Crippen LogP contribution in [-0.2, 0) is 11.2 Å². The molecule has 1 aromatic heterocycles. The van der Waals surface area contributed by atoms with Crippen molar-refractivity contribution in [2.24, 2.45) is 11.7 Å². The van der Waals surface area contributed by atoms with Crippen LogP contribution in [0, 0.1) is 12.8 Å². The van der Waals surface area contributed by atoms with Crippen LogP contribution in [0.25, 0.3) is 0 Å². The Bertz CT molecular complexity index is 339. The molecule has 1 aromatic rings. The highest BCUT2D eigenvalue weighted by molar-refractivity contribution is 5.70. The van der Waals surface area contributed by atoms with Crippen molar-refractivity contribution in [1.82, 2.24) is 4.98 Å². The molecule has 0 aliphatic rings. The average Bonchev–Trinajstić information content (AvgIpc) is 2.20. The fraction of sp³-hybridized carbons (Fsp3) is 0.455. The molecule has 0 saturated carbocycles. The van der Waals surface area contributed by atoms with Crippen molar-refractivity contribution in [3.8, 4) is 0 Å². The first-order chi connectivity index (χ1) is 7.15. The minimum atomic E-state index is -0.800. The Hall–Kier alpha value is -1.42. The first-order valence-electron chi connectivity index (χ1n) is 4.98. The van der Waals surface area contributed by atoms with Crippen molar-refractivity contribution < 1.29 is 9.90 Å². The summed E-state index contributed by atoms with van der Waals surface area (Å²) in [5, 5.41) is 8.97. The van der Waals surface area contributed by atoms with E-state index < -0.39 is 11.9 Å². The molecule has 0 aliphatic heterocycles. The number of rotatable bonds is 5. The molecular formula is C11H16N2O2. The first kappa shape index (κ1) is 11.7. The molecule has 1 atom stereocenters. The van der Waals surface area contributed by atoms with E-state index >= 15 is 0 Å². The van der Waals surface area contributed by atoms with E-state index in [1.807, 2.05) is 19.1 Å². The summed E-state index contributed by atoms with van der Waals surface area (Å²) in [4.78, 5) is 15.1. The molecule has 0 aliphatic carbocycles. The van der Waals surface area contributed by atoms with E-state index in [4.69, 9.17) is 10.8 Å². The van der Waals surface area contributed by atoms with E-state index in [9.17, 15) is 4.79 Å². The normalized spacial score (nSPS) is 12.4. The summed E-state index contributed by atoms with van der Waals surface area (Å²) < 4.78 is 0. The van der Waals surface area contributed by atoms with E-state index in [0.29, 0.717) is 19.4 Å². The third-order valence-electron chi connectivity index (χ3n) is 2.42. The molecule has 4 heteroatoms. The number of hydrogen-bond acceptors (Lipinski definition) is 3. The monoisotopic (exact) mass is 208 g/mol. The van der Waals surface area contributed by atoms with Crippen LogP contribution in [0.4, 0.5) is 0 Å². The smallest absolute Gasteiger partial charge is 0.306 e. The van der Waals surface area contributed by atoms with Crippen molar-refractivity contribution in [2.75, 3.05) is 6.54 Å². The standard InChI is InChI=1S/C11H16N2O2/c1-8-3-2-6-13-10(8)7-9(4-5-12)11(14)15/h2-3,6,9H,4-5,7,12H2,1H3,(H,14,15). The van der Waals surface area contributed by atoms with E-state index in [2.05, 4.69) is 4.98 Å². The Morgan fingerprint density at radius 2 is 2.40 bits per heavy atom. The summed E-state index contributed by atoms with van der Waals surface area (Å²) >= 11 is 0. The molecule has 1 heterocycles. The summed E-state index contributed by atoms with van der Waals surface area (Å²) in [5.74, 6) is -1.23. The SMILES string of the molecule is Cc1cccnc1CC(CCN)C(=O)O. The van der Waals surface area contributed by atoms with E-state index in [-0.39, 0.29) is 0 Å². The maximum Gasteiger partial charge on any atom is 0.306 e. The molecule has 3 N–H and O–H groups in total. The highest BCUT2D eigenvalue weighted by Crippen LogP contribution is 2.13. The lowest BCUT2D eigenvalue weighted by Crippen LogP contribution is -2.21. The molecule has 15 heavy (non-hydrogen) atoms. The number of aromatic nitrogens is 1.